The van der Waals surface area contributed by atoms with Crippen LogP contribution in [0.25, 0.3) is 0 Å². The Bertz CT molecular complexity index is 576. The molecule has 3 rings (SSSR count). The van der Waals surface area contributed by atoms with Crippen LogP contribution in [-0.4, -0.2) is 29.8 Å². The highest BCUT2D eigenvalue weighted by Crippen LogP contribution is 2.32. The molecule has 0 aromatic heterocycles. The van der Waals surface area contributed by atoms with Crippen LogP contribution >= 0.6 is 11.6 Å². The highest BCUT2D eigenvalue weighted by Gasteiger charge is 2.33. The Kier molecular flexibility index (Phi) is 5.21. The number of carbonyl (C=O) groups is 2. The van der Waals surface area contributed by atoms with Gasteiger partial charge in [-0.2, -0.15) is 0 Å². The molecule has 124 valence electrons. The van der Waals surface area contributed by atoms with Gasteiger partial charge in [0.2, 0.25) is 11.8 Å². The van der Waals surface area contributed by atoms with Crippen molar-refractivity contribution < 1.29 is 9.59 Å². The number of halogens is 1. The summed E-state index contributed by atoms with van der Waals surface area (Å²) in [5, 5.41) is 3.47. The predicted octanol–water partition coefficient (Wildman–Crippen LogP) is 3.71. The Morgan fingerprint density at radius 2 is 1.61 bits per heavy atom. The van der Waals surface area contributed by atoms with Crippen molar-refractivity contribution in [2.24, 2.45) is 11.8 Å². The minimum absolute atomic E-state index is 0.0187. The molecule has 1 N–H and O–H groups in total. The lowest BCUT2D eigenvalue weighted by molar-refractivity contribution is -0.136. The van der Waals surface area contributed by atoms with Crippen LogP contribution in [-0.2, 0) is 9.59 Å². The fourth-order valence-electron chi connectivity index (χ4n) is 3.60. The maximum Gasteiger partial charge on any atom is 0.227 e. The molecule has 4 nitrogen and oxygen atoms in total. The zero-order valence-corrected chi connectivity index (χ0v) is 14.0. The Balaban J connectivity index is 1.51. The van der Waals surface area contributed by atoms with Crippen molar-refractivity contribution in [3.05, 3.63) is 29.3 Å². The van der Waals surface area contributed by atoms with Gasteiger partial charge in [0.15, 0.2) is 0 Å². The summed E-state index contributed by atoms with van der Waals surface area (Å²) in [7, 11) is 0. The second-order valence-corrected chi connectivity index (χ2v) is 6.96. The molecule has 0 atom stereocenters. The molecule has 0 spiro atoms. The first kappa shape index (κ1) is 16.3. The number of hydrogen-bond acceptors (Lipinski definition) is 2. The third-order valence-corrected chi connectivity index (χ3v) is 5.33. The van der Waals surface area contributed by atoms with Crippen LogP contribution in [0.5, 0.6) is 0 Å². The van der Waals surface area contributed by atoms with E-state index >= 15 is 0 Å². The molecule has 2 amide bonds. The first-order chi connectivity index (χ1) is 11.1. The first-order valence-electron chi connectivity index (χ1n) is 8.49. The Hall–Kier alpha value is -1.55. The molecule has 1 saturated heterocycles. The normalized spacial score (nSPS) is 24.5. The number of rotatable bonds is 3. The average Bonchev–Trinajstić information content (AvgIpc) is 3.11. The predicted molar refractivity (Wildman–Crippen MR) is 91.3 cm³/mol. The van der Waals surface area contributed by atoms with E-state index in [1.54, 1.807) is 6.07 Å². The second kappa shape index (κ2) is 7.35. The summed E-state index contributed by atoms with van der Waals surface area (Å²) in [6, 6.07) is 7.27. The van der Waals surface area contributed by atoms with E-state index in [1.165, 1.54) is 0 Å². The molecular weight excluding hydrogens is 312 g/mol. The van der Waals surface area contributed by atoms with Crippen LogP contribution in [0.1, 0.15) is 38.5 Å². The zero-order chi connectivity index (χ0) is 16.2. The first-order valence-corrected chi connectivity index (χ1v) is 8.87. The molecule has 0 bridgehead atoms. The monoisotopic (exact) mass is 334 g/mol. The van der Waals surface area contributed by atoms with E-state index < -0.39 is 0 Å². The van der Waals surface area contributed by atoms with E-state index in [4.69, 9.17) is 11.6 Å². The van der Waals surface area contributed by atoms with Crippen LogP contribution in [0.15, 0.2) is 24.3 Å². The van der Waals surface area contributed by atoms with Crippen molar-refractivity contribution in [3.63, 3.8) is 0 Å². The Morgan fingerprint density at radius 3 is 2.26 bits per heavy atom. The smallest absolute Gasteiger partial charge is 0.227 e. The quantitative estimate of drug-likeness (QED) is 0.916. The van der Waals surface area contributed by atoms with Gasteiger partial charge in [-0.3, -0.25) is 9.59 Å². The van der Waals surface area contributed by atoms with Gasteiger partial charge in [0.25, 0.3) is 0 Å². The molecule has 23 heavy (non-hydrogen) atoms. The number of nitrogens with zero attached hydrogens (tertiary/aromatic N) is 1. The van der Waals surface area contributed by atoms with Crippen LogP contribution in [0, 0.1) is 11.8 Å². The summed E-state index contributed by atoms with van der Waals surface area (Å²) in [5.74, 6) is 0.406. The largest absolute Gasteiger partial charge is 0.342 e. The topological polar surface area (TPSA) is 49.4 Å². The fraction of sp³-hybridized carbons (Fsp3) is 0.556. The van der Waals surface area contributed by atoms with Gasteiger partial charge in [-0.15, -0.1) is 0 Å². The standard InChI is InChI=1S/C18H23ClN2O2/c19-15-5-1-2-6-16(15)20-17(22)13-7-9-14(10-8-13)18(23)21-11-3-4-12-21/h1-2,5-6,13-14H,3-4,7-12H2,(H,20,22). The molecular formula is C18H23ClN2O2. The third-order valence-electron chi connectivity index (χ3n) is 5.00. The summed E-state index contributed by atoms with van der Waals surface area (Å²) < 4.78 is 0. The number of likely N-dealkylation sites (tertiary alicyclic amines) is 1. The van der Waals surface area contributed by atoms with Crippen molar-refractivity contribution in [3.8, 4) is 0 Å². The van der Waals surface area contributed by atoms with E-state index in [1.807, 2.05) is 23.1 Å². The van der Waals surface area contributed by atoms with Gasteiger partial charge in [0, 0.05) is 24.9 Å². The van der Waals surface area contributed by atoms with E-state index in [9.17, 15) is 9.59 Å². The number of hydrogen-bond donors (Lipinski definition) is 1. The summed E-state index contributed by atoms with van der Waals surface area (Å²) in [5.41, 5.74) is 0.662. The number of carbonyl (C=O) groups excluding carboxylic acids is 2. The van der Waals surface area contributed by atoms with Gasteiger partial charge in [-0.25, -0.2) is 0 Å². The SMILES string of the molecule is O=C(Nc1ccccc1Cl)C1CCC(C(=O)N2CCCC2)CC1. The molecule has 5 heteroatoms. The van der Waals surface area contributed by atoms with Gasteiger partial charge in [-0.05, 0) is 50.7 Å². The summed E-state index contributed by atoms with van der Waals surface area (Å²) in [6.07, 6.45) is 5.44. The molecule has 1 aromatic carbocycles. The van der Waals surface area contributed by atoms with Crippen molar-refractivity contribution in [2.45, 2.75) is 38.5 Å². The van der Waals surface area contributed by atoms with Crippen LogP contribution in [0.4, 0.5) is 5.69 Å². The number of amides is 2. The second-order valence-electron chi connectivity index (χ2n) is 6.55. The Labute approximate surface area is 142 Å². The number of para-hydroxylation sites is 1. The highest BCUT2D eigenvalue weighted by atomic mass is 35.5. The molecule has 0 unspecified atom stereocenters. The van der Waals surface area contributed by atoms with Crippen LogP contribution < -0.4 is 5.32 Å². The van der Waals surface area contributed by atoms with Crippen molar-refractivity contribution in [1.82, 2.24) is 4.90 Å². The molecule has 2 fully saturated rings. The maximum atomic E-state index is 12.4. The van der Waals surface area contributed by atoms with E-state index in [0.29, 0.717) is 16.6 Å². The lowest BCUT2D eigenvalue weighted by Gasteiger charge is -2.29. The molecule has 1 aliphatic carbocycles. The summed E-state index contributed by atoms with van der Waals surface area (Å²) in [6.45, 7) is 1.82. The average molecular weight is 335 g/mol. The minimum atomic E-state index is -0.0195. The van der Waals surface area contributed by atoms with Crippen molar-refractivity contribution in [1.29, 1.82) is 0 Å². The molecule has 0 radical (unpaired) electrons. The third kappa shape index (κ3) is 3.86. The van der Waals surface area contributed by atoms with Gasteiger partial charge in [0.05, 0.1) is 10.7 Å². The van der Waals surface area contributed by atoms with Crippen LogP contribution in [0.3, 0.4) is 0 Å². The molecule has 1 aromatic rings. The highest BCUT2D eigenvalue weighted by molar-refractivity contribution is 6.33. The van der Waals surface area contributed by atoms with Crippen LogP contribution in [0.2, 0.25) is 5.02 Å². The lowest BCUT2D eigenvalue weighted by Crippen LogP contribution is -2.37. The molecule has 1 saturated carbocycles. The Morgan fingerprint density at radius 1 is 1.00 bits per heavy atom. The van der Waals surface area contributed by atoms with E-state index in [-0.39, 0.29) is 17.7 Å². The molecule has 1 heterocycles. The summed E-state index contributed by atoms with van der Waals surface area (Å²) >= 11 is 6.08. The fourth-order valence-corrected chi connectivity index (χ4v) is 3.78. The number of anilines is 1. The van der Waals surface area contributed by atoms with Gasteiger partial charge < -0.3 is 10.2 Å². The number of nitrogens with one attached hydrogen (secondary N) is 1. The van der Waals surface area contributed by atoms with E-state index in [2.05, 4.69) is 5.32 Å². The molecule has 2 aliphatic rings. The van der Waals surface area contributed by atoms with E-state index in [0.717, 1.165) is 51.6 Å². The van der Waals surface area contributed by atoms with Gasteiger partial charge >= 0.3 is 0 Å². The number of benzene rings is 1. The van der Waals surface area contributed by atoms with Gasteiger partial charge in [-0.1, -0.05) is 23.7 Å². The lowest BCUT2D eigenvalue weighted by atomic mass is 9.81. The minimum Gasteiger partial charge on any atom is -0.342 e. The maximum absolute atomic E-state index is 12.4. The van der Waals surface area contributed by atoms with Gasteiger partial charge in [0.1, 0.15) is 0 Å². The zero-order valence-electron chi connectivity index (χ0n) is 13.3. The molecule has 1 aliphatic heterocycles. The van der Waals surface area contributed by atoms with Crippen molar-refractivity contribution >= 4 is 29.1 Å². The van der Waals surface area contributed by atoms with Crippen molar-refractivity contribution in [2.75, 3.05) is 18.4 Å². The summed E-state index contributed by atoms with van der Waals surface area (Å²) in [4.78, 5) is 26.8.